The van der Waals surface area contributed by atoms with Crippen LogP contribution in [0, 0.1) is 0 Å². The second-order valence-corrected chi connectivity index (χ2v) is 5.56. The van der Waals surface area contributed by atoms with Gasteiger partial charge in [0.25, 0.3) is 0 Å². The van der Waals surface area contributed by atoms with Gasteiger partial charge in [0, 0.05) is 18.1 Å². The monoisotopic (exact) mass is 263 g/mol. The van der Waals surface area contributed by atoms with Crippen LogP contribution in [-0.4, -0.2) is 13.4 Å². The predicted octanol–water partition coefficient (Wildman–Crippen LogP) is 1.61. The Kier molecular flexibility index (Phi) is 3.47. The van der Waals surface area contributed by atoms with E-state index in [4.69, 9.17) is 5.73 Å². The van der Waals surface area contributed by atoms with Crippen molar-refractivity contribution in [2.45, 2.75) is 5.75 Å². The number of sulfonamides is 1. The maximum atomic E-state index is 11.9. The van der Waals surface area contributed by atoms with Gasteiger partial charge in [-0.3, -0.25) is 9.71 Å². The van der Waals surface area contributed by atoms with Crippen LogP contribution >= 0.6 is 0 Å². The quantitative estimate of drug-likeness (QED) is 0.821. The fourth-order valence-corrected chi connectivity index (χ4v) is 2.72. The van der Waals surface area contributed by atoms with Crippen molar-refractivity contribution in [3.63, 3.8) is 0 Å². The van der Waals surface area contributed by atoms with Crippen molar-refractivity contribution in [1.29, 1.82) is 0 Å². The zero-order chi connectivity index (χ0) is 13.0. The Morgan fingerprint density at radius 1 is 1.17 bits per heavy atom. The number of pyridine rings is 1. The van der Waals surface area contributed by atoms with Crippen molar-refractivity contribution < 1.29 is 8.42 Å². The lowest BCUT2D eigenvalue weighted by Crippen LogP contribution is -2.15. The highest BCUT2D eigenvalue weighted by atomic mass is 32.2. The number of aromatic nitrogens is 1. The number of hydrogen-bond donors (Lipinski definition) is 2. The summed E-state index contributed by atoms with van der Waals surface area (Å²) in [6.07, 6.45) is 3.05. The van der Waals surface area contributed by atoms with Crippen LogP contribution in [0.4, 0.5) is 11.4 Å². The van der Waals surface area contributed by atoms with E-state index in [1.54, 1.807) is 36.4 Å². The maximum Gasteiger partial charge on any atom is 0.236 e. The van der Waals surface area contributed by atoms with Crippen LogP contribution in [0.3, 0.4) is 0 Å². The molecular formula is C12H13N3O2S. The summed E-state index contributed by atoms with van der Waals surface area (Å²) in [4.78, 5) is 3.82. The average molecular weight is 263 g/mol. The fraction of sp³-hybridized carbons (Fsp3) is 0.0833. The SMILES string of the molecule is Nc1cccc(CS(=O)(=O)Nc2ccncc2)c1. The predicted molar refractivity (Wildman–Crippen MR) is 71.3 cm³/mol. The van der Waals surface area contributed by atoms with Gasteiger partial charge in [-0.1, -0.05) is 12.1 Å². The largest absolute Gasteiger partial charge is 0.399 e. The molecule has 0 fully saturated rings. The van der Waals surface area contributed by atoms with E-state index in [0.717, 1.165) is 0 Å². The minimum Gasteiger partial charge on any atom is -0.399 e. The van der Waals surface area contributed by atoms with Crippen LogP contribution < -0.4 is 10.5 Å². The molecule has 18 heavy (non-hydrogen) atoms. The first-order chi connectivity index (χ1) is 8.55. The van der Waals surface area contributed by atoms with Crippen molar-refractivity contribution in [1.82, 2.24) is 4.98 Å². The van der Waals surface area contributed by atoms with Crippen LogP contribution in [-0.2, 0) is 15.8 Å². The smallest absolute Gasteiger partial charge is 0.236 e. The molecule has 0 aliphatic heterocycles. The average Bonchev–Trinajstić information content (AvgIpc) is 2.28. The van der Waals surface area contributed by atoms with Gasteiger partial charge in [0.2, 0.25) is 10.0 Å². The van der Waals surface area contributed by atoms with Crippen LogP contribution in [0.25, 0.3) is 0 Å². The molecule has 94 valence electrons. The summed E-state index contributed by atoms with van der Waals surface area (Å²) in [6.45, 7) is 0. The number of nitrogen functional groups attached to an aromatic ring is 1. The maximum absolute atomic E-state index is 11.9. The van der Waals surface area contributed by atoms with Gasteiger partial charge >= 0.3 is 0 Å². The Morgan fingerprint density at radius 2 is 1.89 bits per heavy atom. The number of hydrogen-bond acceptors (Lipinski definition) is 4. The Hall–Kier alpha value is -2.08. The van der Waals surface area contributed by atoms with Crippen molar-refractivity contribution in [3.05, 3.63) is 54.4 Å². The molecule has 1 heterocycles. The second kappa shape index (κ2) is 5.05. The molecule has 0 unspecified atom stereocenters. The minimum atomic E-state index is -3.44. The summed E-state index contributed by atoms with van der Waals surface area (Å²) in [5.74, 6) is -0.111. The van der Waals surface area contributed by atoms with Crippen LogP contribution in [0.2, 0.25) is 0 Å². The molecule has 0 bridgehead atoms. The summed E-state index contributed by atoms with van der Waals surface area (Å²) in [6, 6.07) is 10.0. The summed E-state index contributed by atoms with van der Waals surface area (Å²) in [5, 5.41) is 0. The van der Waals surface area contributed by atoms with E-state index < -0.39 is 10.0 Å². The molecular weight excluding hydrogens is 250 g/mol. The molecule has 0 aliphatic carbocycles. The first kappa shape index (κ1) is 12.4. The van der Waals surface area contributed by atoms with E-state index in [1.807, 2.05) is 0 Å². The highest BCUT2D eigenvalue weighted by molar-refractivity contribution is 7.91. The van der Waals surface area contributed by atoms with E-state index in [9.17, 15) is 8.42 Å². The molecule has 0 radical (unpaired) electrons. The lowest BCUT2D eigenvalue weighted by atomic mass is 10.2. The molecule has 0 aliphatic rings. The van der Waals surface area contributed by atoms with Crippen molar-refractivity contribution >= 4 is 21.4 Å². The zero-order valence-corrected chi connectivity index (χ0v) is 10.4. The van der Waals surface area contributed by atoms with E-state index in [-0.39, 0.29) is 5.75 Å². The first-order valence-corrected chi connectivity index (χ1v) is 6.95. The highest BCUT2D eigenvalue weighted by Crippen LogP contribution is 2.13. The fourth-order valence-electron chi connectivity index (χ4n) is 1.54. The Labute approximate surface area is 106 Å². The number of nitrogens with zero attached hydrogens (tertiary/aromatic N) is 1. The van der Waals surface area contributed by atoms with Crippen LogP contribution in [0.5, 0.6) is 0 Å². The highest BCUT2D eigenvalue weighted by Gasteiger charge is 2.11. The van der Waals surface area contributed by atoms with Crippen molar-refractivity contribution in [2.75, 3.05) is 10.5 Å². The minimum absolute atomic E-state index is 0.111. The molecule has 0 amide bonds. The molecule has 6 heteroatoms. The van der Waals surface area contributed by atoms with Crippen molar-refractivity contribution in [3.8, 4) is 0 Å². The molecule has 2 aromatic rings. The molecule has 0 atom stereocenters. The summed E-state index contributed by atoms with van der Waals surface area (Å²) < 4.78 is 26.3. The number of anilines is 2. The number of nitrogens with two attached hydrogens (primary N) is 1. The van der Waals surface area contributed by atoms with Gasteiger partial charge in [0.15, 0.2) is 0 Å². The molecule has 1 aromatic carbocycles. The molecule has 0 spiro atoms. The van der Waals surface area contributed by atoms with Gasteiger partial charge in [-0.15, -0.1) is 0 Å². The molecule has 0 saturated heterocycles. The number of nitrogens with one attached hydrogen (secondary N) is 1. The second-order valence-electron chi connectivity index (χ2n) is 3.84. The third-order valence-corrected chi connectivity index (χ3v) is 3.52. The third kappa shape index (κ3) is 3.46. The van der Waals surface area contributed by atoms with Gasteiger partial charge in [0.05, 0.1) is 11.4 Å². The Balaban J connectivity index is 2.13. The van der Waals surface area contributed by atoms with Gasteiger partial charge < -0.3 is 5.73 Å². The molecule has 5 nitrogen and oxygen atoms in total. The zero-order valence-electron chi connectivity index (χ0n) is 9.58. The third-order valence-electron chi connectivity index (χ3n) is 2.26. The molecule has 2 rings (SSSR count). The molecule has 3 N–H and O–H groups in total. The lowest BCUT2D eigenvalue weighted by molar-refractivity contribution is 0.600. The van der Waals surface area contributed by atoms with E-state index in [2.05, 4.69) is 9.71 Å². The van der Waals surface area contributed by atoms with E-state index >= 15 is 0 Å². The van der Waals surface area contributed by atoms with Crippen LogP contribution in [0.15, 0.2) is 48.8 Å². The van der Waals surface area contributed by atoms with Gasteiger partial charge in [-0.25, -0.2) is 8.42 Å². The first-order valence-electron chi connectivity index (χ1n) is 5.30. The Morgan fingerprint density at radius 3 is 2.56 bits per heavy atom. The topological polar surface area (TPSA) is 85.1 Å². The van der Waals surface area contributed by atoms with Gasteiger partial charge in [-0.05, 0) is 29.8 Å². The Bertz CT molecular complexity index is 627. The van der Waals surface area contributed by atoms with Gasteiger partial charge in [0.1, 0.15) is 0 Å². The molecule has 1 aromatic heterocycles. The standard InChI is InChI=1S/C12H13N3O2S/c13-11-3-1-2-10(8-11)9-18(16,17)15-12-4-6-14-7-5-12/h1-8H,9,13H2,(H,14,15). The van der Waals surface area contributed by atoms with E-state index in [0.29, 0.717) is 16.9 Å². The number of benzene rings is 1. The van der Waals surface area contributed by atoms with Crippen LogP contribution in [0.1, 0.15) is 5.56 Å². The molecule has 0 saturated carbocycles. The van der Waals surface area contributed by atoms with Crippen molar-refractivity contribution in [2.24, 2.45) is 0 Å². The lowest BCUT2D eigenvalue weighted by Gasteiger charge is -2.08. The van der Waals surface area contributed by atoms with Gasteiger partial charge in [-0.2, -0.15) is 0 Å². The number of rotatable bonds is 4. The summed E-state index contributed by atoms with van der Waals surface area (Å²) in [7, 11) is -3.44. The normalized spacial score (nSPS) is 11.1. The van der Waals surface area contributed by atoms with E-state index in [1.165, 1.54) is 12.4 Å². The summed E-state index contributed by atoms with van der Waals surface area (Å²) >= 11 is 0. The summed E-state index contributed by atoms with van der Waals surface area (Å²) in [5.41, 5.74) is 7.30.